The number of benzene rings is 2. The van der Waals surface area contributed by atoms with E-state index in [0.29, 0.717) is 21.5 Å². The predicted octanol–water partition coefficient (Wildman–Crippen LogP) is 7.00. The van der Waals surface area contributed by atoms with Gasteiger partial charge in [0.1, 0.15) is 0 Å². The zero-order chi connectivity index (χ0) is 30.3. The maximum Gasteiger partial charge on any atom is 0.261 e. The van der Waals surface area contributed by atoms with Crippen molar-refractivity contribution in [1.82, 2.24) is 19.9 Å². The SMILES string of the molecule is CN1C(C)(C)CC(Nc2nc(Nc3nc(-c4ccc(NS(=O)(=O)c5ccc(Cl)cc5)cc4)cs3)ncc2F)CC1(C)C. The van der Waals surface area contributed by atoms with Crippen LogP contribution in [0.4, 0.5) is 27.0 Å². The smallest absolute Gasteiger partial charge is 0.261 e. The van der Waals surface area contributed by atoms with Crippen molar-refractivity contribution in [2.45, 2.75) is 62.6 Å². The van der Waals surface area contributed by atoms with Crippen molar-refractivity contribution in [2.24, 2.45) is 0 Å². The average Bonchev–Trinajstić information content (AvgIpc) is 3.38. The van der Waals surface area contributed by atoms with Gasteiger partial charge in [0.2, 0.25) is 5.95 Å². The topological polar surface area (TPSA) is 112 Å². The molecule has 1 saturated heterocycles. The van der Waals surface area contributed by atoms with Gasteiger partial charge >= 0.3 is 0 Å². The Balaban J connectivity index is 1.25. The highest BCUT2D eigenvalue weighted by molar-refractivity contribution is 7.92. The summed E-state index contributed by atoms with van der Waals surface area (Å²) in [6.07, 6.45) is 2.84. The van der Waals surface area contributed by atoms with Crippen molar-refractivity contribution in [3.63, 3.8) is 0 Å². The van der Waals surface area contributed by atoms with Gasteiger partial charge in [-0.3, -0.25) is 14.9 Å². The van der Waals surface area contributed by atoms with E-state index >= 15 is 0 Å². The third kappa shape index (κ3) is 6.67. The first kappa shape index (κ1) is 30.1. The summed E-state index contributed by atoms with van der Waals surface area (Å²) in [5.74, 6) is -0.123. The van der Waals surface area contributed by atoms with E-state index in [9.17, 15) is 12.8 Å². The molecule has 0 spiro atoms. The van der Waals surface area contributed by atoms with Crippen molar-refractivity contribution in [3.05, 3.63) is 70.9 Å². The van der Waals surface area contributed by atoms with E-state index in [1.807, 2.05) is 5.38 Å². The van der Waals surface area contributed by atoms with E-state index in [0.717, 1.165) is 24.6 Å². The number of aromatic nitrogens is 3. The maximum atomic E-state index is 14.7. The Bertz CT molecular complexity index is 1660. The quantitative estimate of drug-likeness (QED) is 0.191. The van der Waals surface area contributed by atoms with Gasteiger partial charge in [0.25, 0.3) is 10.0 Å². The van der Waals surface area contributed by atoms with Crippen LogP contribution in [0.5, 0.6) is 0 Å². The van der Waals surface area contributed by atoms with Crippen LogP contribution in [0.3, 0.4) is 0 Å². The molecule has 222 valence electrons. The van der Waals surface area contributed by atoms with E-state index in [4.69, 9.17) is 11.6 Å². The molecule has 0 saturated carbocycles. The number of anilines is 4. The van der Waals surface area contributed by atoms with E-state index in [1.165, 1.54) is 35.6 Å². The molecule has 2 aromatic heterocycles. The van der Waals surface area contributed by atoms with Gasteiger partial charge in [0, 0.05) is 38.8 Å². The minimum atomic E-state index is -3.75. The van der Waals surface area contributed by atoms with Crippen LogP contribution in [0, 0.1) is 5.82 Å². The monoisotopic (exact) mass is 629 g/mol. The van der Waals surface area contributed by atoms with Crippen molar-refractivity contribution in [3.8, 4) is 11.3 Å². The minimum absolute atomic E-state index is 0.0496. The average molecular weight is 630 g/mol. The molecule has 1 aliphatic rings. The summed E-state index contributed by atoms with van der Waals surface area (Å²) in [5, 5.41) is 9.24. The van der Waals surface area contributed by atoms with Gasteiger partial charge in [-0.15, -0.1) is 11.3 Å². The van der Waals surface area contributed by atoms with Crippen LogP contribution in [0.15, 0.2) is 65.0 Å². The molecule has 1 aliphatic heterocycles. The van der Waals surface area contributed by atoms with Gasteiger partial charge in [-0.2, -0.15) is 4.98 Å². The zero-order valence-corrected chi connectivity index (χ0v) is 26.3. The standard InChI is InChI=1S/C29H33ClFN7O2S2/c1-28(2)14-21(15-29(3,4)38(28)5)33-25-23(31)16-32-26(35-25)36-27-34-24(17-41-27)18-6-10-20(11-7-18)37-42(39,40)22-12-8-19(30)9-13-22/h6-13,16-17,21,37H,14-15H2,1-5H3,(H2,32,33,34,35,36). The van der Waals surface area contributed by atoms with Gasteiger partial charge in [0.15, 0.2) is 16.8 Å². The molecule has 0 unspecified atom stereocenters. The third-order valence-corrected chi connectivity index (χ3v) is 10.1. The van der Waals surface area contributed by atoms with Gasteiger partial charge in [-0.25, -0.2) is 22.8 Å². The van der Waals surface area contributed by atoms with Crippen LogP contribution in [-0.2, 0) is 10.0 Å². The van der Waals surface area contributed by atoms with Gasteiger partial charge in [0.05, 0.1) is 16.8 Å². The summed E-state index contributed by atoms with van der Waals surface area (Å²) in [6, 6.07) is 12.9. The Hall–Kier alpha value is -3.32. The second kappa shape index (κ2) is 11.4. The number of likely N-dealkylation sites (tertiary alicyclic amines) is 1. The highest BCUT2D eigenvalue weighted by Gasteiger charge is 2.43. The highest BCUT2D eigenvalue weighted by Crippen LogP contribution is 2.38. The molecule has 3 heterocycles. The summed E-state index contributed by atoms with van der Waals surface area (Å²) in [5.41, 5.74) is 1.79. The van der Waals surface area contributed by atoms with Gasteiger partial charge < -0.3 is 5.32 Å². The normalized spacial score (nSPS) is 17.1. The van der Waals surface area contributed by atoms with Crippen molar-refractivity contribution in [2.75, 3.05) is 22.4 Å². The number of nitrogens with zero attached hydrogens (tertiary/aromatic N) is 4. The fraction of sp³-hybridized carbons (Fsp3) is 0.345. The molecule has 0 amide bonds. The fourth-order valence-electron chi connectivity index (χ4n) is 5.29. The largest absolute Gasteiger partial charge is 0.365 e. The van der Waals surface area contributed by atoms with Crippen LogP contribution in [-0.4, -0.2) is 52.4 Å². The first-order valence-corrected chi connectivity index (χ1v) is 16.1. The number of nitrogens with one attached hydrogen (secondary N) is 3. The predicted molar refractivity (Wildman–Crippen MR) is 168 cm³/mol. The van der Waals surface area contributed by atoms with E-state index < -0.39 is 15.8 Å². The van der Waals surface area contributed by atoms with Crippen molar-refractivity contribution >= 4 is 55.5 Å². The second-order valence-electron chi connectivity index (χ2n) is 11.6. The molecule has 42 heavy (non-hydrogen) atoms. The second-order valence-corrected chi connectivity index (χ2v) is 14.6. The number of hydrogen-bond acceptors (Lipinski definition) is 9. The summed E-state index contributed by atoms with van der Waals surface area (Å²) >= 11 is 7.22. The lowest BCUT2D eigenvalue weighted by atomic mass is 9.77. The summed E-state index contributed by atoms with van der Waals surface area (Å²) in [6.45, 7) is 8.78. The molecule has 4 aromatic rings. The Morgan fingerprint density at radius 1 is 1.00 bits per heavy atom. The Labute approximate surface area is 254 Å². The van der Waals surface area contributed by atoms with Crippen molar-refractivity contribution in [1.29, 1.82) is 0 Å². The van der Waals surface area contributed by atoms with Gasteiger partial charge in [-0.05, 0) is 84.0 Å². The molecule has 1 fully saturated rings. The Morgan fingerprint density at radius 2 is 1.64 bits per heavy atom. The van der Waals surface area contributed by atoms with Gasteiger partial charge in [-0.1, -0.05) is 23.7 Å². The highest BCUT2D eigenvalue weighted by atomic mass is 35.5. The lowest BCUT2D eigenvalue weighted by Gasteiger charge is -2.53. The van der Waals surface area contributed by atoms with Crippen LogP contribution < -0.4 is 15.4 Å². The third-order valence-electron chi connectivity index (χ3n) is 7.67. The van der Waals surface area contributed by atoms with Crippen LogP contribution in [0.25, 0.3) is 11.3 Å². The minimum Gasteiger partial charge on any atom is -0.365 e. The Morgan fingerprint density at radius 3 is 2.29 bits per heavy atom. The lowest BCUT2D eigenvalue weighted by molar-refractivity contribution is -0.00778. The first-order valence-electron chi connectivity index (χ1n) is 13.4. The summed E-state index contributed by atoms with van der Waals surface area (Å²) < 4.78 is 42.6. The molecule has 3 N–H and O–H groups in total. The molecular formula is C29H33ClFN7O2S2. The first-order chi connectivity index (χ1) is 19.7. The molecule has 0 bridgehead atoms. The van der Waals surface area contributed by atoms with E-state index in [-0.39, 0.29) is 33.8 Å². The molecule has 0 radical (unpaired) electrons. The Kier molecular flexibility index (Phi) is 8.18. The summed E-state index contributed by atoms with van der Waals surface area (Å²) in [4.78, 5) is 15.6. The molecular weight excluding hydrogens is 597 g/mol. The number of piperidine rings is 1. The zero-order valence-electron chi connectivity index (χ0n) is 23.9. The van der Waals surface area contributed by atoms with E-state index in [2.05, 4.69) is 70.0 Å². The number of sulfonamides is 1. The molecule has 9 nitrogen and oxygen atoms in total. The molecule has 2 aromatic carbocycles. The molecule has 13 heteroatoms. The van der Waals surface area contributed by atoms with Crippen LogP contribution in [0.1, 0.15) is 40.5 Å². The molecule has 0 aliphatic carbocycles. The lowest BCUT2D eigenvalue weighted by Crippen LogP contribution is -2.61. The number of hydrogen-bond donors (Lipinski definition) is 3. The maximum absolute atomic E-state index is 14.7. The van der Waals surface area contributed by atoms with Crippen molar-refractivity contribution < 1.29 is 12.8 Å². The molecule has 5 rings (SSSR count). The van der Waals surface area contributed by atoms with E-state index in [1.54, 1.807) is 24.3 Å². The fourth-order valence-corrected chi connectivity index (χ4v) is 7.19. The summed E-state index contributed by atoms with van der Waals surface area (Å²) in [7, 11) is -1.62. The molecule has 0 atom stereocenters. The number of thiazole rings is 1. The van der Waals surface area contributed by atoms with Crippen LogP contribution >= 0.6 is 22.9 Å². The number of rotatable bonds is 8. The number of halogens is 2. The van der Waals surface area contributed by atoms with Crippen LogP contribution in [0.2, 0.25) is 5.02 Å².